The predicted octanol–water partition coefficient (Wildman–Crippen LogP) is 1.43. The lowest BCUT2D eigenvalue weighted by Crippen LogP contribution is -2.36. The monoisotopic (exact) mass is 281 g/mol. The van der Waals surface area contributed by atoms with E-state index >= 15 is 0 Å². The summed E-state index contributed by atoms with van der Waals surface area (Å²) >= 11 is 0. The first-order valence-electron chi connectivity index (χ1n) is 6.27. The molecule has 0 aromatic heterocycles. The maximum atomic E-state index is 12.4. The van der Waals surface area contributed by atoms with Crippen LogP contribution in [-0.4, -0.2) is 49.2 Å². The summed E-state index contributed by atoms with van der Waals surface area (Å²) < 4.78 is 9.53. The van der Waals surface area contributed by atoms with Crippen molar-refractivity contribution in [2.75, 3.05) is 27.3 Å². The molecule has 0 unspecified atom stereocenters. The number of hydrogen-bond acceptors (Lipinski definition) is 5. The maximum absolute atomic E-state index is 12.4. The van der Waals surface area contributed by atoms with Gasteiger partial charge in [0.25, 0.3) is 5.91 Å². The third-order valence-corrected chi connectivity index (χ3v) is 2.78. The van der Waals surface area contributed by atoms with Crippen LogP contribution in [0.2, 0.25) is 0 Å². The van der Waals surface area contributed by atoms with Crippen LogP contribution in [0.4, 0.5) is 0 Å². The van der Waals surface area contributed by atoms with Crippen molar-refractivity contribution in [3.8, 4) is 11.5 Å². The van der Waals surface area contributed by atoms with Gasteiger partial charge in [0.2, 0.25) is 0 Å². The number of hydrogen-bond donors (Lipinski definition) is 1. The topological polar surface area (TPSA) is 76.1 Å². The van der Waals surface area contributed by atoms with Crippen LogP contribution >= 0.6 is 0 Å². The number of benzene rings is 1. The molecule has 0 fully saturated rings. The summed E-state index contributed by atoms with van der Waals surface area (Å²) in [7, 11) is 2.67. The summed E-state index contributed by atoms with van der Waals surface area (Å²) in [6.45, 7) is 2.13. The number of nitrogens with zero attached hydrogens (tertiary/aromatic N) is 1. The molecule has 1 aromatic rings. The molecule has 1 aromatic carbocycles. The van der Waals surface area contributed by atoms with Crippen molar-refractivity contribution in [3.05, 3.63) is 23.8 Å². The summed E-state index contributed by atoms with van der Waals surface area (Å²) in [5.74, 6) is -0.959. The number of phenolic OH excluding ortho intramolecular Hbond substituents is 1. The molecule has 0 saturated carbocycles. The maximum Gasteiger partial charge on any atom is 0.325 e. The van der Waals surface area contributed by atoms with Gasteiger partial charge >= 0.3 is 5.97 Å². The van der Waals surface area contributed by atoms with Crippen LogP contribution in [0.3, 0.4) is 0 Å². The molecule has 6 heteroatoms. The van der Waals surface area contributed by atoms with Crippen molar-refractivity contribution in [1.82, 2.24) is 4.90 Å². The fourth-order valence-corrected chi connectivity index (χ4v) is 1.77. The van der Waals surface area contributed by atoms with Crippen molar-refractivity contribution in [2.45, 2.75) is 13.3 Å². The highest BCUT2D eigenvalue weighted by Gasteiger charge is 2.22. The van der Waals surface area contributed by atoms with Gasteiger partial charge in [0, 0.05) is 6.54 Å². The number of amides is 1. The molecule has 0 saturated heterocycles. The van der Waals surface area contributed by atoms with Gasteiger partial charge in [-0.25, -0.2) is 0 Å². The molecule has 1 N–H and O–H groups in total. The Balaban J connectivity index is 3.03. The predicted molar refractivity (Wildman–Crippen MR) is 72.9 cm³/mol. The molecule has 0 atom stereocenters. The van der Waals surface area contributed by atoms with Gasteiger partial charge in [-0.15, -0.1) is 0 Å². The SMILES string of the molecule is CCCN(CC(=O)OC)C(=O)c1cccc(OC)c1O. The highest BCUT2D eigenvalue weighted by Crippen LogP contribution is 2.30. The van der Waals surface area contributed by atoms with Crippen molar-refractivity contribution in [2.24, 2.45) is 0 Å². The van der Waals surface area contributed by atoms with Gasteiger partial charge in [0.15, 0.2) is 11.5 Å². The molecular formula is C14H19NO5. The van der Waals surface area contributed by atoms with E-state index < -0.39 is 11.9 Å². The van der Waals surface area contributed by atoms with Gasteiger partial charge in [-0.1, -0.05) is 13.0 Å². The Labute approximate surface area is 117 Å². The molecule has 0 aliphatic rings. The van der Waals surface area contributed by atoms with Crippen LogP contribution in [-0.2, 0) is 9.53 Å². The van der Waals surface area contributed by atoms with E-state index in [0.29, 0.717) is 13.0 Å². The van der Waals surface area contributed by atoms with Crippen molar-refractivity contribution >= 4 is 11.9 Å². The molecule has 1 amide bonds. The van der Waals surface area contributed by atoms with Crippen LogP contribution < -0.4 is 4.74 Å². The first kappa shape index (κ1) is 15.8. The van der Waals surface area contributed by atoms with E-state index in [-0.39, 0.29) is 23.6 Å². The Hall–Kier alpha value is -2.24. The lowest BCUT2D eigenvalue weighted by molar-refractivity contribution is -0.141. The number of ether oxygens (including phenoxy) is 2. The molecule has 0 bridgehead atoms. The van der Waals surface area contributed by atoms with E-state index in [1.165, 1.54) is 25.2 Å². The van der Waals surface area contributed by atoms with E-state index in [4.69, 9.17) is 4.74 Å². The van der Waals surface area contributed by atoms with Crippen molar-refractivity contribution in [3.63, 3.8) is 0 Å². The zero-order valence-corrected chi connectivity index (χ0v) is 11.9. The van der Waals surface area contributed by atoms with Gasteiger partial charge < -0.3 is 19.5 Å². The highest BCUT2D eigenvalue weighted by atomic mass is 16.5. The number of carbonyl (C=O) groups excluding carboxylic acids is 2. The Bertz CT molecular complexity index is 486. The van der Waals surface area contributed by atoms with Gasteiger partial charge in [-0.05, 0) is 18.6 Å². The number of esters is 1. The summed E-state index contributed by atoms with van der Waals surface area (Å²) in [6.07, 6.45) is 0.688. The number of rotatable bonds is 6. The zero-order valence-electron chi connectivity index (χ0n) is 11.9. The minimum absolute atomic E-state index is 0.0988. The average molecular weight is 281 g/mol. The first-order valence-corrected chi connectivity index (χ1v) is 6.27. The smallest absolute Gasteiger partial charge is 0.325 e. The third-order valence-electron chi connectivity index (χ3n) is 2.78. The molecule has 20 heavy (non-hydrogen) atoms. The molecule has 0 aliphatic heterocycles. The summed E-state index contributed by atoms with van der Waals surface area (Å²) in [4.78, 5) is 25.0. The lowest BCUT2D eigenvalue weighted by atomic mass is 10.1. The van der Waals surface area contributed by atoms with Crippen molar-refractivity contribution < 1.29 is 24.2 Å². The largest absolute Gasteiger partial charge is 0.504 e. The summed E-state index contributed by atoms with van der Waals surface area (Å²) in [5.41, 5.74) is 0.0988. The normalized spacial score (nSPS) is 9.95. The van der Waals surface area contributed by atoms with Crippen LogP contribution in [0.1, 0.15) is 23.7 Å². The lowest BCUT2D eigenvalue weighted by Gasteiger charge is -2.21. The molecule has 1 rings (SSSR count). The standard InChI is InChI=1S/C14H19NO5/c1-4-8-15(9-12(16)20-3)14(18)10-6-5-7-11(19-2)13(10)17/h5-7,17H,4,8-9H2,1-3H3. The Kier molecular flexibility index (Phi) is 5.83. The fourth-order valence-electron chi connectivity index (χ4n) is 1.77. The van der Waals surface area contributed by atoms with E-state index in [0.717, 1.165) is 0 Å². The quantitative estimate of drug-likeness (QED) is 0.798. The second-order valence-electron chi connectivity index (χ2n) is 4.16. The minimum Gasteiger partial charge on any atom is -0.504 e. The number of para-hydroxylation sites is 1. The minimum atomic E-state index is -0.505. The highest BCUT2D eigenvalue weighted by molar-refractivity contribution is 5.99. The van der Waals surface area contributed by atoms with Gasteiger partial charge in [0.05, 0.1) is 19.8 Å². The summed E-state index contributed by atoms with van der Waals surface area (Å²) in [6, 6.07) is 4.64. The van der Waals surface area contributed by atoms with E-state index in [9.17, 15) is 14.7 Å². The van der Waals surface area contributed by atoms with Gasteiger partial charge in [-0.3, -0.25) is 9.59 Å². The Morgan fingerprint density at radius 2 is 2.00 bits per heavy atom. The molecule has 0 radical (unpaired) electrons. The molecule has 0 spiro atoms. The van der Waals surface area contributed by atoms with Crippen LogP contribution in [0, 0.1) is 0 Å². The third kappa shape index (κ3) is 3.63. The van der Waals surface area contributed by atoms with Crippen LogP contribution in [0.5, 0.6) is 11.5 Å². The number of aromatic hydroxyl groups is 1. The number of phenols is 1. The number of carbonyl (C=O) groups is 2. The molecular weight excluding hydrogens is 262 g/mol. The average Bonchev–Trinajstić information content (AvgIpc) is 2.46. The van der Waals surface area contributed by atoms with Gasteiger partial charge in [-0.2, -0.15) is 0 Å². The Morgan fingerprint density at radius 3 is 2.55 bits per heavy atom. The fraction of sp³-hybridized carbons (Fsp3) is 0.429. The second kappa shape index (κ2) is 7.37. The Morgan fingerprint density at radius 1 is 1.30 bits per heavy atom. The number of methoxy groups -OCH3 is 2. The van der Waals surface area contributed by atoms with Gasteiger partial charge in [0.1, 0.15) is 6.54 Å². The molecule has 0 heterocycles. The molecule has 0 aliphatic carbocycles. The molecule has 6 nitrogen and oxygen atoms in total. The molecule has 110 valence electrons. The van der Waals surface area contributed by atoms with E-state index in [2.05, 4.69) is 4.74 Å². The van der Waals surface area contributed by atoms with Crippen LogP contribution in [0.25, 0.3) is 0 Å². The van der Waals surface area contributed by atoms with E-state index in [1.807, 2.05) is 6.92 Å². The zero-order chi connectivity index (χ0) is 15.1. The van der Waals surface area contributed by atoms with E-state index in [1.54, 1.807) is 12.1 Å². The second-order valence-corrected chi connectivity index (χ2v) is 4.16. The van der Waals surface area contributed by atoms with Crippen molar-refractivity contribution in [1.29, 1.82) is 0 Å². The van der Waals surface area contributed by atoms with Crippen LogP contribution in [0.15, 0.2) is 18.2 Å². The summed E-state index contributed by atoms with van der Waals surface area (Å²) in [5, 5.41) is 9.98. The first-order chi connectivity index (χ1) is 9.54.